The zero-order chi connectivity index (χ0) is 17.9. The monoisotopic (exact) mass is 347 g/mol. The van der Waals surface area contributed by atoms with Crippen LogP contribution in [0, 0.1) is 6.92 Å². The van der Waals surface area contributed by atoms with E-state index < -0.39 is 0 Å². The van der Waals surface area contributed by atoms with Crippen LogP contribution in [0.1, 0.15) is 29.0 Å². The van der Waals surface area contributed by atoms with E-state index in [0.717, 1.165) is 30.8 Å². The van der Waals surface area contributed by atoms with Gasteiger partial charge in [0, 0.05) is 19.0 Å². The third kappa shape index (κ3) is 3.35. The fourth-order valence-electron chi connectivity index (χ4n) is 3.62. The first-order chi connectivity index (χ1) is 12.7. The summed E-state index contributed by atoms with van der Waals surface area (Å²) in [6.07, 6.45) is 3.02. The summed E-state index contributed by atoms with van der Waals surface area (Å²) in [7, 11) is 0. The number of amides is 1. The first-order valence-electron chi connectivity index (χ1n) is 8.86. The lowest BCUT2D eigenvalue weighted by Crippen LogP contribution is -2.29. The third-order valence-corrected chi connectivity index (χ3v) is 5.07. The molecule has 0 radical (unpaired) electrons. The molecule has 0 spiro atoms. The van der Waals surface area contributed by atoms with Crippen LogP contribution in [-0.4, -0.2) is 44.1 Å². The lowest BCUT2D eigenvalue weighted by Gasteiger charge is -2.18. The van der Waals surface area contributed by atoms with Crippen molar-refractivity contribution in [1.82, 2.24) is 25.1 Å². The Kier molecular flexibility index (Phi) is 4.48. The summed E-state index contributed by atoms with van der Waals surface area (Å²) >= 11 is 0. The Bertz CT molecular complexity index is 889. The predicted octanol–water partition coefficient (Wildman–Crippen LogP) is 2.53. The van der Waals surface area contributed by atoms with Crippen LogP contribution in [0.2, 0.25) is 0 Å². The number of hydrogen-bond acceptors (Lipinski definition) is 4. The van der Waals surface area contributed by atoms with Gasteiger partial charge in [-0.15, -0.1) is 5.10 Å². The molecule has 1 amide bonds. The predicted molar refractivity (Wildman–Crippen MR) is 98.0 cm³/mol. The molecule has 1 aliphatic rings. The minimum absolute atomic E-state index is 0.191. The van der Waals surface area contributed by atoms with Gasteiger partial charge in [0.1, 0.15) is 6.33 Å². The Morgan fingerprint density at radius 3 is 2.69 bits per heavy atom. The minimum atomic E-state index is 0.191. The number of aryl methyl sites for hydroxylation is 1. The molecule has 0 bridgehead atoms. The van der Waals surface area contributed by atoms with E-state index >= 15 is 0 Å². The fraction of sp³-hybridized carbons (Fsp3) is 0.300. The first kappa shape index (κ1) is 16.4. The third-order valence-electron chi connectivity index (χ3n) is 5.07. The molecular formula is C20H21N5O. The van der Waals surface area contributed by atoms with Gasteiger partial charge >= 0.3 is 0 Å². The molecule has 0 saturated carbocycles. The maximum atomic E-state index is 12.7. The summed E-state index contributed by atoms with van der Waals surface area (Å²) in [4.78, 5) is 14.7. The van der Waals surface area contributed by atoms with Crippen LogP contribution < -0.4 is 0 Å². The van der Waals surface area contributed by atoms with E-state index in [1.54, 1.807) is 11.0 Å². The standard InChI is InChI=1S/C20H21N5O/c1-15-4-2-3-5-19(15)17-10-11-24(13-17)20(26)12-16-6-8-18(9-7-16)25-14-21-22-23-25/h2-9,14,17H,10-13H2,1H3. The van der Waals surface area contributed by atoms with Gasteiger partial charge in [-0.3, -0.25) is 4.79 Å². The number of rotatable bonds is 4. The van der Waals surface area contributed by atoms with E-state index in [9.17, 15) is 4.79 Å². The second-order valence-corrected chi connectivity index (χ2v) is 6.78. The molecule has 1 saturated heterocycles. The maximum absolute atomic E-state index is 12.7. The van der Waals surface area contributed by atoms with Crippen LogP contribution in [0.25, 0.3) is 5.69 Å². The largest absolute Gasteiger partial charge is 0.342 e. The average molecular weight is 347 g/mol. The Labute approximate surface area is 152 Å². The quantitative estimate of drug-likeness (QED) is 0.727. The van der Waals surface area contributed by atoms with Crippen molar-refractivity contribution in [3.05, 3.63) is 71.5 Å². The van der Waals surface area contributed by atoms with Crippen LogP contribution in [0.15, 0.2) is 54.9 Å². The SMILES string of the molecule is Cc1ccccc1C1CCN(C(=O)Cc2ccc(-n3cnnn3)cc2)C1. The molecule has 3 aromatic rings. The van der Waals surface area contributed by atoms with Gasteiger partial charge in [0.05, 0.1) is 12.1 Å². The first-order valence-corrected chi connectivity index (χ1v) is 8.86. The summed E-state index contributed by atoms with van der Waals surface area (Å²) < 4.78 is 1.60. The number of tetrazole rings is 1. The lowest BCUT2D eigenvalue weighted by atomic mass is 9.94. The van der Waals surface area contributed by atoms with Crippen molar-refractivity contribution in [2.45, 2.75) is 25.7 Å². The minimum Gasteiger partial charge on any atom is -0.342 e. The molecule has 1 aliphatic heterocycles. The zero-order valence-electron chi connectivity index (χ0n) is 14.7. The summed E-state index contributed by atoms with van der Waals surface area (Å²) in [5.74, 6) is 0.638. The van der Waals surface area contributed by atoms with Gasteiger partial charge in [-0.25, -0.2) is 4.68 Å². The molecule has 4 rings (SSSR count). The van der Waals surface area contributed by atoms with E-state index in [1.807, 2.05) is 29.2 Å². The number of likely N-dealkylation sites (tertiary alicyclic amines) is 1. The van der Waals surface area contributed by atoms with Gasteiger partial charge < -0.3 is 4.90 Å². The number of aromatic nitrogens is 4. The summed E-state index contributed by atoms with van der Waals surface area (Å²) in [6.45, 7) is 3.79. The molecule has 0 aliphatic carbocycles. The van der Waals surface area contributed by atoms with Crippen molar-refractivity contribution in [1.29, 1.82) is 0 Å². The number of nitrogens with zero attached hydrogens (tertiary/aromatic N) is 5. The topological polar surface area (TPSA) is 63.9 Å². The van der Waals surface area contributed by atoms with Gasteiger partial charge in [-0.1, -0.05) is 36.4 Å². The highest BCUT2D eigenvalue weighted by Gasteiger charge is 2.27. The van der Waals surface area contributed by atoms with E-state index in [4.69, 9.17) is 0 Å². The Hall–Kier alpha value is -3.02. The van der Waals surface area contributed by atoms with Crippen molar-refractivity contribution in [2.75, 3.05) is 13.1 Å². The van der Waals surface area contributed by atoms with Crippen molar-refractivity contribution >= 4 is 5.91 Å². The molecule has 2 aromatic carbocycles. The molecule has 6 heteroatoms. The van der Waals surface area contributed by atoms with Gasteiger partial charge in [-0.05, 0) is 52.6 Å². The highest BCUT2D eigenvalue weighted by molar-refractivity contribution is 5.79. The molecule has 0 N–H and O–H groups in total. The Morgan fingerprint density at radius 1 is 1.15 bits per heavy atom. The van der Waals surface area contributed by atoms with Crippen LogP contribution in [0.4, 0.5) is 0 Å². The molecule has 1 unspecified atom stereocenters. The van der Waals surface area contributed by atoms with Crippen molar-refractivity contribution in [3.63, 3.8) is 0 Å². The van der Waals surface area contributed by atoms with Gasteiger partial charge in [0.2, 0.25) is 5.91 Å². The number of carbonyl (C=O) groups excluding carboxylic acids is 1. The maximum Gasteiger partial charge on any atom is 0.227 e. The zero-order valence-corrected chi connectivity index (χ0v) is 14.7. The molecule has 26 heavy (non-hydrogen) atoms. The Morgan fingerprint density at radius 2 is 1.96 bits per heavy atom. The number of hydrogen-bond donors (Lipinski definition) is 0. The highest BCUT2D eigenvalue weighted by atomic mass is 16.2. The van der Waals surface area contributed by atoms with E-state index in [-0.39, 0.29) is 5.91 Å². The number of benzene rings is 2. The molecule has 1 atom stereocenters. The second-order valence-electron chi connectivity index (χ2n) is 6.78. The van der Waals surface area contributed by atoms with Gasteiger partial charge in [-0.2, -0.15) is 0 Å². The molecular weight excluding hydrogens is 326 g/mol. The number of carbonyl (C=O) groups is 1. The molecule has 6 nitrogen and oxygen atoms in total. The summed E-state index contributed by atoms with van der Waals surface area (Å²) in [5.41, 5.74) is 4.57. The van der Waals surface area contributed by atoms with Crippen molar-refractivity contribution in [3.8, 4) is 5.69 Å². The molecule has 132 valence electrons. The second kappa shape index (κ2) is 7.07. The Balaban J connectivity index is 1.39. The molecule has 1 aromatic heterocycles. The van der Waals surface area contributed by atoms with Crippen LogP contribution in [-0.2, 0) is 11.2 Å². The normalized spacial score (nSPS) is 16.8. The highest BCUT2D eigenvalue weighted by Crippen LogP contribution is 2.29. The summed E-state index contributed by atoms with van der Waals surface area (Å²) in [6, 6.07) is 16.3. The van der Waals surface area contributed by atoms with E-state index in [0.29, 0.717) is 12.3 Å². The van der Waals surface area contributed by atoms with E-state index in [2.05, 4.69) is 46.7 Å². The summed E-state index contributed by atoms with van der Waals surface area (Å²) in [5, 5.41) is 11.1. The van der Waals surface area contributed by atoms with Crippen molar-refractivity contribution in [2.24, 2.45) is 0 Å². The van der Waals surface area contributed by atoms with Gasteiger partial charge in [0.25, 0.3) is 0 Å². The van der Waals surface area contributed by atoms with Crippen molar-refractivity contribution < 1.29 is 4.79 Å². The van der Waals surface area contributed by atoms with Gasteiger partial charge in [0.15, 0.2) is 0 Å². The fourth-order valence-corrected chi connectivity index (χ4v) is 3.62. The van der Waals surface area contributed by atoms with Crippen LogP contribution in [0.5, 0.6) is 0 Å². The lowest BCUT2D eigenvalue weighted by molar-refractivity contribution is -0.129. The molecule has 2 heterocycles. The van der Waals surface area contributed by atoms with Crippen LogP contribution in [0.3, 0.4) is 0 Å². The van der Waals surface area contributed by atoms with E-state index in [1.165, 1.54) is 11.1 Å². The van der Waals surface area contributed by atoms with Crippen LogP contribution >= 0.6 is 0 Å². The molecule has 1 fully saturated rings. The average Bonchev–Trinajstić information content (AvgIpc) is 3.35. The smallest absolute Gasteiger partial charge is 0.227 e.